The number of hydrogen-bond donors (Lipinski definition) is 1. The summed E-state index contributed by atoms with van der Waals surface area (Å²) >= 11 is 0. The molecule has 4 bridgehead atoms. The van der Waals surface area contributed by atoms with Crippen LogP contribution in [0.5, 0.6) is 0 Å². The molecule has 1 spiro atoms. The van der Waals surface area contributed by atoms with Crippen molar-refractivity contribution in [3.8, 4) is 0 Å². The van der Waals surface area contributed by atoms with E-state index >= 15 is 0 Å². The molecule has 162 valence electrons. The monoisotopic (exact) mass is 409 g/mol. The Bertz CT molecular complexity index is 813. The van der Waals surface area contributed by atoms with Crippen molar-refractivity contribution in [1.29, 1.82) is 0 Å². The summed E-state index contributed by atoms with van der Waals surface area (Å²) in [6.07, 6.45) is 7.49. The summed E-state index contributed by atoms with van der Waals surface area (Å²) in [6.45, 7) is 3.92. The Morgan fingerprint density at radius 3 is 2.50 bits per heavy atom. The van der Waals surface area contributed by atoms with E-state index in [-0.39, 0.29) is 11.6 Å². The first-order chi connectivity index (χ1) is 14.4. The van der Waals surface area contributed by atoms with Crippen molar-refractivity contribution in [3.63, 3.8) is 0 Å². The van der Waals surface area contributed by atoms with Gasteiger partial charge >= 0.3 is 6.03 Å². The number of hydrogen-bond acceptors (Lipinski definition) is 3. The van der Waals surface area contributed by atoms with Crippen LogP contribution in [-0.4, -0.2) is 69.7 Å². The second kappa shape index (κ2) is 6.70. The lowest BCUT2D eigenvalue weighted by Crippen LogP contribution is -2.62. The first kappa shape index (κ1) is 19.1. The third-order valence-corrected chi connectivity index (χ3v) is 9.14. The van der Waals surface area contributed by atoms with Crippen molar-refractivity contribution >= 4 is 6.03 Å². The molecule has 3 atom stereocenters. The number of likely N-dealkylation sites (N-methyl/N-ethyl adjacent to an activating group) is 1. The summed E-state index contributed by atoms with van der Waals surface area (Å²) < 4.78 is 0. The summed E-state index contributed by atoms with van der Waals surface area (Å²) in [5.74, 6) is 1.68. The maximum atomic E-state index is 13.5. The number of rotatable bonds is 3. The number of aliphatic hydroxyl groups is 1. The Labute approximate surface area is 180 Å². The minimum atomic E-state index is -0.434. The zero-order valence-corrected chi connectivity index (χ0v) is 18.2. The first-order valence-corrected chi connectivity index (χ1v) is 12.0. The van der Waals surface area contributed by atoms with Gasteiger partial charge in [-0.1, -0.05) is 30.3 Å². The number of benzene rings is 1. The predicted octanol–water partition coefficient (Wildman–Crippen LogP) is 3.33. The minimum absolute atomic E-state index is 0.0598. The van der Waals surface area contributed by atoms with E-state index in [1.54, 1.807) is 0 Å². The fourth-order valence-electron chi connectivity index (χ4n) is 8.17. The molecule has 2 heterocycles. The maximum absolute atomic E-state index is 13.5. The van der Waals surface area contributed by atoms with Crippen LogP contribution in [0.1, 0.15) is 50.5 Å². The summed E-state index contributed by atoms with van der Waals surface area (Å²) in [4.78, 5) is 20.4. The highest BCUT2D eigenvalue weighted by atomic mass is 16.3. The summed E-state index contributed by atoms with van der Waals surface area (Å²) in [7, 11) is 2.04. The molecule has 2 amide bonds. The third kappa shape index (κ3) is 2.92. The molecule has 4 aliphatic carbocycles. The summed E-state index contributed by atoms with van der Waals surface area (Å²) in [5, 5.41) is 11.0. The number of urea groups is 1. The number of carbonyl (C=O) groups excluding carboxylic acids is 1. The molecule has 0 radical (unpaired) electrons. The lowest BCUT2D eigenvalue weighted by Gasteiger charge is -2.59. The van der Waals surface area contributed by atoms with Crippen molar-refractivity contribution in [1.82, 2.24) is 14.7 Å². The second-order valence-electron chi connectivity index (χ2n) is 11.2. The van der Waals surface area contributed by atoms with Crippen LogP contribution in [0.4, 0.5) is 4.79 Å². The average molecular weight is 410 g/mol. The van der Waals surface area contributed by atoms with Crippen LogP contribution in [-0.2, 0) is 6.54 Å². The highest BCUT2D eigenvalue weighted by Crippen LogP contribution is 2.57. The van der Waals surface area contributed by atoms with Gasteiger partial charge in [-0.05, 0) is 74.8 Å². The maximum Gasteiger partial charge on any atom is 0.320 e. The smallest absolute Gasteiger partial charge is 0.320 e. The van der Waals surface area contributed by atoms with Crippen LogP contribution >= 0.6 is 0 Å². The van der Waals surface area contributed by atoms with E-state index in [1.165, 1.54) is 18.4 Å². The van der Waals surface area contributed by atoms with E-state index in [1.807, 2.05) is 7.05 Å². The zero-order chi connectivity index (χ0) is 20.5. The lowest BCUT2D eigenvalue weighted by molar-refractivity contribution is -0.153. The summed E-state index contributed by atoms with van der Waals surface area (Å²) in [6, 6.07) is 11.3. The van der Waals surface area contributed by atoms with Gasteiger partial charge in [0.15, 0.2) is 0 Å². The van der Waals surface area contributed by atoms with E-state index in [4.69, 9.17) is 0 Å². The van der Waals surface area contributed by atoms with Crippen LogP contribution < -0.4 is 0 Å². The molecule has 1 aromatic carbocycles. The molecule has 3 unspecified atom stereocenters. The van der Waals surface area contributed by atoms with Crippen molar-refractivity contribution in [2.75, 3.05) is 26.7 Å². The van der Waals surface area contributed by atoms with Crippen LogP contribution in [0.2, 0.25) is 0 Å². The molecular formula is C25H35N3O2. The Balaban J connectivity index is 1.22. The topological polar surface area (TPSA) is 47.0 Å². The van der Waals surface area contributed by atoms with E-state index in [2.05, 4.69) is 45.0 Å². The zero-order valence-electron chi connectivity index (χ0n) is 18.2. The lowest BCUT2D eigenvalue weighted by atomic mass is 9.52. The molecule has 1 N–H and O–H groups in total. The highest BCUT2D eigenvalue weighted by Gasteiger charge is 2.60. The van der Waals surface area contributed by atoms with Crippen molar-refractivity contribution in [2.24, 2.45) is 17.8 Å². The van der Waals surface area contributed by atoms with Gasteiger partial charge in [-0.2, -0.15) is 0 Å². The molecule has 6 aliphatic rings. The largest absolute Gasteiger partial charge is 0.390 e. The van der Waals surface area contributed by atoms with Crippen molar-refractivity contribution in [2.45, 2.75) is 68.7 Å². The van der Waals surface area contributed by atoms with Crippen LogP contribution in [0.3, 0.4) is 0 Å². The van der Waals surface area contributed by atoms with E-state index in [0.29, 0.717) is 23.8 Å². The number of likely N-dealkylation sites (tertiary alicyclic amines) is 1. The summed E-state index contributed by atoms with van der Waals surface area (Å²) in [5.41, 5.74) is 0.861. The van der Waals surface area contributed by atoms with Crippen molar-refractivity contribution in [3.05, 3.63) is 35.9 Å². The normalized spacial score (nSPS) is 43.2. The quantitative estimate of drug-likeness (QED) is 0.833. The Kier molecular flexibility index (Phi) is 4.27. The van der Waals surface area contributed by atoms with Gasteiger partial charge in [0.05, 0.1) is 11.1 Å². The number of nitrogens with zero attached hydrogens (tertiary/aromatic N) is 3. The minimum Gasteiger partial charge on any atom is -0.390 e. The molecule has 30 heavy (non-hydrogen) atoms. The molecule has 2 aliphatic heterocycles. The molecule has 0 aromatic heterocycles. The van der Waals surface area contributed by atoms with Gasteiger partial charge in [-0.25, -0.2) is 4.79 Å². The first-order valence-electron chi connectivity index (χ1n) is 12.0. The van der Waals surface area contributed by atoms with Crippen LogP contribution in [0.15, 0.2) is 30.3 Å². The highest BCUT2D eigenvalue weighted by molar-refractivity contribution is 5.78. The number of amides is 2. The second-order valence-corrected chi connectivity index (χ2v) is 11.2. The van der Waals surface area contributed by atoms with Crippen molar-refractivity contribution < 1.29 is 9.90 Å². The number of carbonyl (C=O) groups is 1. The van der Waals surface area contributed by atoms with E-state index in [9.17, 15) is 9.90 Å². The van der Waals surface area contributed by atoms with E-state index < -0.39 is 5.60 Å². The number of piperidine rings is 1. The Morgan fingerprint density at radius 2 is 1.80 bits per heavy atom. The van der Waals surface area contributed by atoms with Crippen LogP contribution in [0.25, 0.3) is 0 Å². The van der Waals surface area contributed by atoms with Gasteiger partial charge in [-0.15, -0.1) is 0 Å². The van der Waals surface area contributed by atoms with Gasteiger partial charge in [0, 0.05) is 32.7 Å². The molecule has 6 fully saturated rings. The predicted molar refractivity (Wildman–Crippen MR) is 116 cm³/mol. The van der Waals surface area contributed by atoms with Crippen LogP contribution in [0, 0.1) is 17.8 Å². The Morgan fingerprint density at radius 1 is 1.07 bits per heavy atom. The molecule has 5 heteroatoms. The Hall–Kier alpha value is -1.59. The fourth-order valence-corrected chi connectivity index (χ4v) is 8.17. The van der Waals surface area contributed by atoms with Gasteiger partial charge < -0.3 is 14.9 Å². The molecule has 1 aromatic rings. The average Bonchev–Trinajstić information content (AvgIpc) is 2.92. The standard InChI is InChI=1S/C25H35N3O2/c1-26-23(29)28(22-20-10-19-11-21(22)14-25(30,12-19)13-20)17-24(26)8-5-9-27(16-24)15-18-6-3-2-4-7-18/h2-4,6-7,19-22,30H,5,8-17H2,1H3. The fraction of sp³-hybridized carbons (Fsp3) is 0.720. The van der Waals surface area contributed by atoms with E-state index in [0.717, 1.165) is 58.3 Å². The molecule has 7 rings (SSSR count). The van der Waals surface area contributed by atoms with Gasteiger partial charge in [0.1, 0.15) is 0 Å². The third-order valence-electron chi connectivity index (χ3n) is 9.14. The molecular weight excluding hydrogens is 374 g/mol. The molecule has 5 nitrogen and oxygen atoms in total. The van der Waals surface area contributed by atoms with Gasteiger partial charge in [-0.3, -0.25) is 4.90 Å². The molecule has 2 saturated heterocycles. The SMILES string of the molecule is CN1C(=O)N(C2C3CC4CC2CC(O)(C4)C3)CC12CCCN(Cc1ccccc1)C2. The van der Waals surface area contributed by atoms with Gasteiger partial charge in [0.25, 0.3) is 0 Å². The molecule has 4 saturated carbocycles. The van der Waals surface area contributed by atoms with Gasteiger partial charge in [0.2, 0.25) is 0 Å².